The first-order valence-electron chi connectivity index (χ1n) is 8.77. The Morgan fingerprint density at radius 1 is 0.897 bits per heavy atom. The predicted molar refractivity (Wildman–Crippen MR) is 107 cm³/mol. The van der Waals surface area contributed by atoms with Crippen LogP contribution in [0.3, 0.4) is 0 Å². The molecular weight excluding hydrogens is 374 g/mol. The molecule has 0 fully saturated rings. The molecule has 0 heterocycles. The summed E-state index contributed by atoms with van der Waals surface area (Å²) in [6.07, 6.45) is 1.45. The summed E-state index contributed by atoms with van der Waals surface area (Å²) in [6.45, 7) is 2.56. The predicted octanol–water partition coefficient (Wildman–Crippen LogP) is 1.64. The molecule has 4 amide bonds. The number of ether oxygens (including phenoxy) is 1. The van der Waals surface area contributed by atoms with Gasteiger partial charge in [-0.1, -0.05) is 48.5 Å². The second-order valence-corrected chi connectivity index (χ2v) is 5.83. The summed E-state index contributed by atoms with van der Waals surface area (Å²) in [6, 6.07) is 15.9. The molecule has 2 rings (SSSR count). The second kappa shape index (κ2) is 11.0. The minimum Gasteiger partial charge on any atom is -0.454 e. The standard InChI is InChI=1S/C21H21N3O5/c1-2-12-22-21(28)24-18(25)14-29-19(26)13-23-20(27)17-10-8-16(9-11-17)15-6-4-3-5-7-15/h2-11H,1,12-14H2,(H,23,27)(H2,22,24,25,28). The fraction of sp³-hybridized carbons (Fsp3) is 0.143. The Bertz CT molecular complexity index is 879. The van der Waals surface area contributed by atoms with Crippen molar-refractivity contribution in [1.82, 2.24) is 16.0 Å². The van der Waals surface area contributed by atoms with E-state index in [9.17, 15) is 19.2 Å². The number of urea groups is 1. The lowest BCUT2D eigenvalue weighted by Gasteiger charge is -2.08. The van der Waals surface area contributed by atoms with E-state index >= 15 is 0 Å². The number of amides is 4. The van der Waals surface area contributed by atoms with Crippen molar-refractivity contribution in [3.63, 3.8) is 0 Å². The first-order valence-corrected chi connectivity index (χ1v) is 8.77. The minimum atomic E-state index is -0.805. The van der Waals surface area contributed by atoms with E-state index < -0.39 is 37.0 Å². The molecule has 0 aliphatic heterocycles. The number of imide groups is 1. The molecule has 2 aromatic rings. The molecule has 150 valence electrons. The Morgan fingerprint density at radius 3 is 2.21 bits per heavy atom. The Kier molecular flexibility index (Phi) is 8.12. The van der Waals surface area contributed by atoms with Crippen molar-refractivity contribution >= 4 is 23.8 Å². The van der Waals surface area contributed by atoms with Crippen molar-refractivity contribution in [1.29, 1.82) is 0 Å². The summed E-state index contributed by atoms with van der Waals surface area (Å²) in [5.41, 5.74) is 2.37. The van der Waals surface area contributed by atoms with Crippen LogP contribution in [0.4, 0.5) is 4.79 Å². The van der Waals surface area contributed by atoms with Crippen LogP contribution < -0.4 is 16.0 Å². The van der Waals surface area contributed by atoms with Gasteiger partial charge in [-0.3, -0.25) is 19.7 Å². The van der Waals surface area contributed by atoms with Gasteiger partial charge in [0.05, 0.1) is 0 Å². The highest BCUT2D eigenvalue weighted by Gasteiger charge is 2.12. The third-order valence-corrected chi connectivity index (χ3v) is 3.67. The van der Waals surface area contributed by atoms with Gasteiger partial charge in [0, 0.05) is 12.1 Å². The number of carbonyl (C=O) groups is 4. The van der Waals surface area contributed by atoms with Crippen molar-refractivity contribution in [3.05, 3.63) is 72.8 Å². The first kappa shape index (κ1) is 21.4. The van der Waals surface area contributed by atoms with Crippen LogP contribution in [-0.2, 0) is 14.3 Å². The Hall–Kier alpha value is -3.94. The zero-order valence-electron chi connectivity index (χ0n) is 15.6. The number of esters is 1. The fourth-order valence-electron chi connectivity index (χ4n) is 2.27. The number of benzene rings is 2. The molecule has 0 saturated heterocycles. The summed E-state index contributed by atoms with van der Waals surface area (Å²) < 4.78 is 4.71. The van der Waals surface area contributed by atoms with E-state index in [4.69, 9.17) is 4.74 Å². The van der Waals surface area contributed by atoms with Crippen molar-refractivity contribution in [3.8, 4) is 11.1 Å². The minimum absolute atomic E-state index is 0.192. The van der Waals surface area contributed by atoms with Gasteiger partial charge >= 0.3 is 12.0 Å². The van der Waals surface area contributed by atoms with Crippen LogP contribution in [0.5, 0.6) is 0 Å². The maximum absolute atomic E-state index is 12.1. The molecule has 2 aromatic carbocycles. The molecular formula is C21H21N3O5. The smallest absolute Gasteiger partial charge is 0.325 e. The topological polar surface area (TPSA) is 114 Å². The summed E-state index contributed by atoms with van der Waals surface area (Å²) in [4.78, 5) is 46.5. The van der Waals surface area contributed by atoms with E-state index in [1.54, 1.807) is 12.1 Å². The van der Waals surface area contributed by atoms with Crippen molar-refractivity contribution in [2.45, 2.75) is 0 Å². The normalized spacial score (nSPS) is 9.79. The zero-order valence-corrected chi connectivity index (χ0v) is 15.6. The first-order chi connectivity index (χ1) is 14.0. The zero-order chi connectivity index (χ0) is 21.1. The van der Waals surface area contributed by atoms with Gasteiger partial charge in [0.15, 0.2) is 6.61 Å². The van der Waals surface area contributed by atoms with Gasteiger partial charge in [0.2, 0.25) is 0 Å². The van der Waals surface area contributed by atoms with Gasteiger partial charge in [-0.25, -0.2) is 4.79 Å². The second-order valence-electron chi connectivity index (χ2n) is 5.83. The van der Waals surface area contributed by atoms with E-state index in [2.05, 4.69) is 17.2 Å². The average Bonchev–Trinajstić information content (AvgIpc) is 2.75. The fourth-order valence-corrected chi connectivity index (χ4v) is 2.27. The van der Waals surface area contributed by atoms with Crippen LogP contribution >= 0.6 is 0 Å². The quantitative estimate of drug-likeness (QED) is 0.464. The molecule has 0 aliphatic carbocycles. The molecule has 0 aromatic heterocycles. The van der Waals surface area contributed by atoms with Crippen LogP contribution in [-0.4, -0.2) is 43.5 Å². The average molecular weight is 395 g/mol. The van der Waals surface area contributed by atoms with E-state index in [0.717, 1.165) is 11.1 Å². The summed E-state index contributed by atoms with van der Waals surface area (Å²) in [5, 5.41) is 6.73. The van der Waals surface area contributed by atoms with Gasteiger partial charge in [-0.2, -0.15) is 0 Å². The lowest BCUT2D eigenvalue weighted by molar-refractivity contribution is -0.147. The van der Waals surface area contributed by atoms with Crippen LogP contribution in [0.2, 0.25) is 0 Å². The number of carbonyl (C=O) groups excluding carboxylic acids is 4. The van der Waals surface area contributed by atoms with Gasteiger partial charge < -0.3 is 15.4 Å². The summed E-state index contributed by atoms with van der Waals surface area (Å²) in [7, 11) is 0. The number of rotatable bonds is 8. The van der Waals surface area contributed by atoms with Crippen molar-refractivity contribution in [2.24, 2.45) is 0 Å². The number of hydrogen-bond acceptors (Lipinski definition) is 5. The molecule has 0 aliphatic rings. The molecule has 0 bridgehead atoms. The van der Waals surface area contributed by atoms with E-state index in [0.29, 0.717) is 5.56 Å². The van der Waals surface area contributed by atoms with Crippen LogP contribution in [0.15, 0.2) is 67.3 Å². The summed E-state index contributed by atoms with van der Waals surface area (Å²) >= 11 is 0. The van der Waals surface area contributed by atoms with Gasteiger partial charge in [0.1, 0.15) is 6.54 Å². The van der Waals surface area contributed by atoms with E-state index in [1.165, 1.54) is 6.08 Å². The summed E-state index contributed by atoms with van der Waals surface area (Å²) in [5.74, 6) is -2.04. The van der Waals surface area contributed by atoms with Gasteiger partial charge in [-0.15, -0.1) is 6.58 Å². The Labute approximate surface area is 167 Å². The highest BCUT2D eigenvalue weighted by molar-refractivity contribution is 5.97. The Morgan fingerprint density at radius 2 is 1.55 bits per heavy atom. The molecule has 0 saturated carbocycles. The molecule has 3 N–H and O–H groups in total. The molecule has 29 heavy (non-hydrogen) atoms. The van der Waals surface area contributed by atoms with E-state index in [-0.39, 0.29) is 6.54 Å². The van der Waals surface area contributed by atoms with Crippen LogP contribution in [0.1, 0.15) is 10.4 Å². The van der Waals surface area contributed by atoms with Crippen molar-refractivity contribution < 1.29 is 23.9 Å². The van der Waals surface area contributed by atoms with Gasteiger partial charge in [-0.05, 0) is 23.3 Å². The molecule has 8 heteroatoms. The monoisotopic (exact) mass is 395 g/mol. The van der Waals surface area contributed by atoms with Crippen LogP contribution in [0, 0.1) is 0 Å². The van der Waals surface area contributed by atoms with Gasteiger partial charge in [0.25, 0.3) is 11.8 Å². The van der Waals surface area contributed by atoms with Crippen LogP contribution in [0.25, 0.3) is 11.1 Å². The highest BCUT2D eigenvalue weighted by Crippen LogP contribution is 2.19. The Balaban J connectivity index is 1.74. The molecule has 0 unspecified atom stereocenters. The SMILES string of the molecule is C=CCNC(=O)NC(=O)COC(=O)CNC(=O)c1ccc(-c2ccccc2)cc1. The number of nitrogens with one attached hydrogen (secondary N) is 3. The lowest BCUT2D eigenvalue weighted by Crippen LogP contribution is -2.42. The van der Waals surface area contributed by atoms with E-state index in [1.807, 2.05) is 47.8 Å². The number of hydrogen-bond donors (Lipinski definition) is 3. The lowest BCUT2D eigenvalue weighted by atomic mass is 10.0. The molecule has 0 spiro atoms. The maximum atomic E-state index is 12.1. The molecule has 0 radical (unpaired) electrons. The highest BCUT2D eigenvalue weighted by atomic mass is 16.5. The third-order valence-electron chi connectivity index (χ3n) is 3.67. The van der Waals surface area contributed by atoms with Crippen molar-refractivity contribution in [2.75, 3.05) is 19.7 Å². The largest absolute Gasteiger partial charge is 0.454 e. The third kappa shape index (κ3) is 7.30. The molecule has 0 atom stereocenters. The maximum Gasteiger partial charge on any atom is 0.325 e. The molecule has 8 nitrogen and oxygen atoms in total.